The summed E-state index contributed by atoms with van der Waals surface area (Å²) in [7, 11) is 0. The van der Waals surface area contributed by atoms with Crippen molar-refractivity contribution in [2.45, 2.75) is 6.61 Å². The summed E-state index contributed by atoms with van der Waals surface area (Å²) in [5, 5.41) is 1.06. The summed E-state index contributed by atoms with van der Waals surface area (Å²) in [6.07, 6.45) is 1.66. The number of furan rings is 1. The van der Waals surface area contributed by atoms with Crippen LogP contribution in [0, 0.1) is 0 Å². The van der Waals surface area contributed by atoms with Gasteiger partial charge in [0.05, 0.1) is 12.9 Å². The van der Waals surface area contributed by atoms with Crippen molar-refractivity contribution in [1.82, 2.24) is 0 Å². The predicted molar refractivity (Wildman–Crippen MR) is 45.2 cm³/mol. The average Bonchev–Trinajstić information content (AvgIpc) is 2.53. The quantitative estimate of drug-likeness (QED) is 0.687. The lowest BCUT2D eigenvalue weighted by atomic mass is 10.1. The molecule has 0 bridgehead atoms. The van der Waals surface area contributed by atoms with Gasteiger partial charge < -0.3 is 4.42 Å². The Kier molecular flexibility index (Phi) is 1.81. The predicted octanol–water partition coefficient (Wildman–Crippen LogP) is 1.82. The molecule has 0 spiro atoms. The maximum Gasteiger partial charge on any atom is 0.134 e. The van der Waals surface area contributed by atoms with Gasteiger partial charge >= 0.3 is 0 Å². The molecule has 0 aliphatic rings. The van der Waals surface area contributed by atoms with Gasteiger partial charge in [-0.05, 0) is 17.7 Å². The van der Waals surface area contributed by atoms with E-state index in [1.807, 2.05) is 24.3 Å². The number of rotatable bonds is 2. The van der Waals surface area contributed by atoms with Crippen LogP contribution in [0.15, 0.2) is 34.9 Å². The minimum absolute atomic E-state index is 0.414. The van der Waals surface area contributed by atoms with Gasteiger partial charge in [-0.1, -0.05) is 12.1 Å². The van der Waals surface area contributed by atoms with E-state index in [0.29, 0.717) is 6.61 Å². The molecule has 0 saturated heterocycles. The number of nitrogens with two attached hydrogens (primary N) is 1. The van der Waals surface area contributed by atoms with Crippen LogP contribution >= 0.6 is 0 Å². The zero-order valence-corrected chi connectivity index (χ0v) is 6.49. The zero-order chi connectivity index (χ0) is 8.39. The topological polar surface area (TPSA) is 48.4 Å². The van der Waals surface area contributed by atoms with Crippen LogP contribution in [0.1, 0.15) is 5.56 Å². The third-order valence-electron chi connectivity index (χ3n) is 1.82. The fraction of sp³-hybridized carbons (Fsp3) is 0.111. The van der Waals surface area contributed by atoms with Crippen LogP contribution in [0.5, 0.6) is 0 Å². The molecule has 12 heavy (non-hydrogen) atoms. The Morgan fingerprint density at radius 1 is 1.33 bits per heavy atom. The highest BCUT2D eigenvalue weighted by Gasteiger charge is 2.01. The number of hydrogen-bond donors (Lipinski definition) is 1. The highest BCUT2D eigenvalue weighted by Crippen LogP contribution is 2.19. The Morgan fingerprint density at radius 2 is 2.25 bits per heavy atom. The Balaban J connectivity index is 2.57. The van der Waals surface area contributed by atoms with E-state index in [1.54, 1.807) is 6.26 Å². The highest BCUT2D eigenvalue weighted by atomic mass is 16.6. The first kappa shape index (κ1) is 7.34. The molecule has 1 aromatic carbocycles. The van der Waals surface area contributed by atoms with E-state index in [4.69, 9.17) is 10.3 Å². The van der Waals surface area contributed by atoms with E-state index in [2.05, 4.69) is 4.84 Å². The van der Waals surface area contributed by atoms with Gasteiger partial charge in [-0.15, -0.1) is 0 Å². The SMILES string of the molecule is NOCc1cccc2occc12. The maximum atomic E-state index is 5.21. The standard InChI is InChI=1S/C9H9NO2/c10-12-6-7-2-1-3-9-8(7)4-5-11-9/h1-5H,6,10H2. The van der Waals surface area contributed by atoms with Gasteiger partial charge in [0.25, 0.3) is 0 Å². The van der Waals surface area contributed by atoms with E-state index in [9.17, 15) is 0 Å². The van der Waals surface area contributed by atoms with E-state index in [0.717, 1.165) is 16.5 Å². The number of benzene rings is 1. The third-order valence-corrected chi connectivity index (χ3v) is 1.82. The molecule has 62 valence electrons. The lowest BCUT2D eigenvalue weighted by Gasteiger charge is -1.98. The van der Waals surface area contributed by atoms with E-state index in [1.165, 1.54) is 0 Å². The minimum atomic E-state index is 0.414. The first-order chi connectivity index (χ1) is 5.92. The second-order valence-electron chi connectivity index (χ2n) is 2.56. The first-order valence-electron chi connectivity index (χ1n) is 3.68. The van der Waals surface area contributed by atoms with Crippen LogP contribution in [0.3, 0.4) is 0 Å². The van der Waals surface area contributed by atoms with Crippen LogP contribution in [0.2, 0.25) is 0 Å². The van der Waals surface area contributed by atoms with Crippen LogP contribution in [-0.4, -0.2) is 0 Å². The van der Waals surface area contributed by atoms with Crippen LogP contribution < -0.4 is 5.90 Å². The van der Waals surface area contributed by atoms with Crippen molar-refractivity contribution in [2.75, 3.05) is 0 Å². The van der Waals surface area contributed by atoms with Gasteiger partial charge in [-0.3, -0.25) is 4.84 Å². The zero-order valence-electron chi connectivity index (χ0n) is 6.49. The average molecular weight is 163 g/mol. The molecule has 0 amide bonds. The molecule has 0 aliphatic heterocycles. The third kappa shape index (κ3) is 1.09. The lowest BCUT2D eigenvalue weighted by Crippen LogP contribution is -1.98. The first-order valence-corrected chi connectivity index (χ1v) is 3.68. The Labute approximate surface area is 69.7 Å². The van der Waals surface area contributed by atoms with E-state index < -0.39 is 0 Å². The summed E-state index contributed by atoms with van der Waals surface area (Å²) < 4.78 is 5.21. The maximum absolute atomic E-state index is 5.21. The smallest absolute Gasteiger partial charge is 0.134 e. The molecule has 3 nitrogen and oxygen atoms in total. The lowest BCUT2D eigenvalue weighted by molar-refractivity contribution is 0.125. The number of fused-ring (bicyclic) bond motifs is 1. The monoisotopic (exact) mass is 163 g/mol. The fourth-order valence-corrected chi connectivity index (χ4v) is 1.27. The van der Waals surface area contributed by atoms with Crippen molar-refractivity contribution in [1.29, 1.82) is 0 Å². The largest absolute Gasteiger partial charge is 0.464 e. The van der Waals surface area contributed by atoms with Crippen LogP contribution in [-0.2, 0) is 11.4 Å². The van der Waals surface area contributed by atoms with E-state index in [-0.39, 0.29) is 0 Å². The normalized spacial score (nSPS) is 10.8. The molecule has 0 atom stereocenters. The van der Waals surface area contributed by atoms with Gasteiger partial charge in [0.15, 0.2) is 0 Å². The molecule has 2 N–H and O–H groups in total. The van der Waals surface area contributed by atoms with Gasteiger partial charge in [0, 0.05) is 5.39 Å². The molecule has 2 aromatic rings. The minimum Gasteiger partial charge on any atom is -0.464 e. The van der Waals surface area contributed by atoms with Crippen molar-refractivity contribution in [2.24, 2.45) is 5.90 Å². The van der Waals surface area contributed by atoms with Gasteiger partial charge in [0.2, 0.25) is 0 Å². The van der Waals surface area contributed by atoms with Gasteiger partial charge in [0.1, 0.15) is 5.58 Å². The summed E-state index contributed by atoms with van der Waals surface area (Å²) in [5.74, 6) is 4.99. The Morgan fingerprint density at radius 3 is 3.08 bits per heavy atom. The van der Waals surface area contributed by atoms with Crippen molar-refractivity contribution in [3.05, 3.63) is 36.1 Å². The van der Waals surface area contributed by atoms with Gasteiger partial charge in [-0.25, -0.2) is 5.90 Å². The van der Waals surface area contributed by atoms with E-state index >= 15 is 0 Å². The van der Waals surface area contributed by atoms with Crippen molar-refractivity contribution in [3.63, 3.8) is 0 Å². The second-order valence-corrected chi connectivity index (χ2v) is 2.56. The molecule has 0 fully saturated rings. The molecule has 3 heteroatoms. The summed E-state index contributed by atoms with van der Waals surface area (Å²) in [5.41, 5.74) is 1.91. The van der Waals surface area contributed by atoms with Crippen LogP contribution in [0.25, 0.3) is 11.0 Å². The second kappa shape index (κ2) is 2.97. The van der Waals surface area contributed by atoms with Gasteiger partial charge in [-0.2, -0.15) is 0 Å². The molecule has 0 radical (unpaired) electrons. The highest BCUT2D eigenvalue weighted by molar-refractivity contribution is 5.80. The molecular formula is C9H9NO2. The summed E-state index contributed by atoms with van der Waals surface area (Å²) in [6.45, 7) is 0.414. The Bertz CT molecular complexity index is 381. The summed E-state index contributed by atoms with van der Waals surface area (Å²) in [6, 6.07) is 7.70. The molecule has 1 aromatic heterocycles. The summed E-state index contributed by atoms with van der Waals surface area (Å²) in [4.78, 5) is 4.56. The fourth-order valence-electron chi connectivity index (χ4n) is 1.27. The molecule has 0 saturated carbocycles. The molecule has 1 heterocycles. The van der Waals surface area contributed by atoms with Crippen molar-refractivity contribution >= 4 is 11.0 Å². The molecule has 2 rings (SSSR count). The van der Waals surface area contributed by atoms with Crippen molar-refractivity contribution < 1.29 is 9.25 Å². The summed E-state index contributed by atoms with van der Waals surface area (Å²) >= 11 is 0. The molecular weight excluding hydrogens is 154 g/mol. The molecule has 0 aliphatic carbocycles. The van der Waals surface area contributed by atoms with Crippen LogP contribution in [0.4, 0.5) is 0 Å². The van der Waals surface area contributed by atoms with Crippen molar-refractivity contribution in [3.8, 4) is 0 Å². The Hall–Kier alpha value is -1.32. The molecule has 0 unspecified atom stereocenters. The number of hydrogen-bond acceptors (Lipinski definition) is 3.